The van der Waals surface area contributed by atoms with Gasteiger partial charge in [0.1, 0.15) is 5.60 Å². The number of halogens is 1. The fourth-order valence-corrected chi connectivity index (χ4v) is 1.74. The number of hydrogen-bond acceptors (Lipinski definition) is 3. The number of ether oxygens (including phenoxy) is 1. The summed E-state index contributed by atoms with van der Waals surface area (Å²) in [6, 6.07) is 4.58. The number of alkyl carbamates (subject to hydrolysis) is 1. The first-order valence-corrected chi connectivity index (χ1v) is 7.06. The molecular weight excluding hydrogens is 306 g/mol. The third-order valence-corrected chi connectivity index (χ3v) is 2.69. The minimum absolute atomic E-state index is 0.0556. The van der Waals surface area contributed by atoms with E-state index in [0.29, 0.717) is 13.0 Å². The van der Waals surface area contributed by atoms with Crippen LogP contribution in [-0.4, -0.2) is 29.3 Å². The summed E-state index contributed by atoms with van der Waals surface area (Å²) in [4.78, 5) is 22.5. The summed E-state index contributed by atoms with van der Waals surface area (Å²) in [6.45, 7) is 5.63. The Bertz CT molecular complexity index is 623. The maximum Gasteiger partial charge on any atom is 0.407 e. The summed E-state index contributed by atoms with van der Waals surface area (Å²) >= 11 is 5.95. The summed E-state index contributed by atoms with van der Waals surface area (Å²) in [6.07, 6.45) is -0.165. The monoisotopic (exact) mass is 323 g/mol. The molecule has 0 unspecified atom stereocenters. The number of carbonyl (C=O) groups excluding carboxylic acids is 1. The zero-order chi connectivity index (χ0) is 16.8. The molecule has 2 N–H and O–H groups in total. The van der Waals surface area contributed by atoms with Crippen LogP contribution < -0.4 is 5.32 Å². The maximum absolute atomic E-state index is 11.4. The van der Waals surface area contributed by atoms with Crippen LogP contribution >= 0.6 is 11.6 Å². The van der Waals surface area contributed by atoms with Gasteiger partial charge in [-0.15, -0.1) is 0 Å². The second-order valence-electron chi connectivity index (χ2n) is 5.45. The van der Waals surface area contributed by atoms with Crippen molar-refractivity contribution in [1.29, 1.82) is 0 Å². The molecule has 0 aliphatic carbocycles. The lowest BCUT2D eigenvalue weighted by Crippen LogP contribution is -2.32. The molecule has 0 aliphatic heterocycles. The number of nitrogens with one attached hydrogen (secondary N) is 1. The van der Waals surface area contributed by atoms with Crippen LogP contribution in [0.25, 0.3) is 0 Å². The molecule has 0 aromatic heterocycles. The van der Waals surface area contributed by atoms with E-state index in [1.807, 2.05) is 0 Å². The summed E-state index contributed by atoms with van der Waals surface area (Å²) in [5, 5.41) is 11.9. The first kappa shape index (κ1) is 17.9. The molecule has 1 aromatic rings. The molecule has 0 saturated heterocycles. The summed E-state index contributed by atoms with van der Waals surface area (Å²) in [7, 11) is 0. The third kappa shape index (κ3) is 6.06. The molecule has 0 heterocycles. The van der Waals surface area contributed by atoms with Crippen molar-refractivity contribution in [2.24, 2.45) is 0 Å². The number of amides is 1. The Kier molecular flexibility index (Phi) is 6.26. The van der Waals surface area contributed by atoms with Gasteiger partial charge in [0.2, 0.25) is 0 Å². The highest BCUT2D eigenvalue weighted by Gasteiger charge is 2.15. The summed E-state index contributed by atoms with van der Waals surface area (Å²) in [5.74, 6) is 4.43. The largest absolute Gasteiger partial charge is 0.478 e. The fourth-order valence-electron chi connectivity index (χ4n) is 1.52. The van der Waals surface area contributed by atoms with Crippen molar-refractivity contribution in [2.45, 2.75) is 32.8 Å². The van der Waals surface area contributed by atoms with Crippen LogP contribution in [0.4, 0.5) is 4.79 Å². The number of hydrogen-bond donors (Lipinski definition) is 2. The molecule has 0 radical (unpaired) electrons. The van der Waals surface area contributed by atoms with Gasteiger partial charge in [0, 0.05) is 13.0 Å². The van der Waals surface area contributed by atoms with Crippen LogP contribution in [0.5, 0.6) is 0 Å². The molecule has 1 rings (SSSR count). The summed E-state index contributed by atoms with van der Waals surface area (Å²) in [5.41, 5.74) is -0.224. The van der Waals surface area contributed by atoms with Crippen LogP contribution in [0.1, 0.15) is 43.1 Å². The standard InChI is InChI=1S/C16H18ClNO4/c1-16(2,3)22-15(21)18-10-5-4-7-11-12(14(19)20)8-6-9-13(11)17/h6,8-9H,5,10H2,1-3H3,(H,18,21)(H,19,20). The van der Waals surface area contributed by atoms with Gasteiger partial charge >= 0.3 is 12.1 Å². The molecule has 0 spiro atoms. The van der Waals surface area contributed by atoms with Crippen LogP contribution in [0.3, 0.4) is 0 Å². The highest BCUT2D eigenvalue weighted by Crippen LogP contribution is 2.19. The zero-order valence-electron chi connectivity index (χ0n) is 12.7. The zero-order valence-corrected chi connectivity index (χ0v) is 13.5. The molecule has 1 amide bonds. The smallest absolute Gasteiger partial charge is 0.407 e. The van der Waals surface area contributed by atoms with Crippen molar-refractivity contribution >= 4 is 23.7 Å². The normalized spacial score (nSPS) is 10.4. The Morgan fingerprint density at radius 2 is 2.05 bits per heavy atom. The van der Waals surface area contributed by atoms with Gasteiger partial charge < -0.3 is 15.2 Å². The topological polar surface area (TPSA) is 75.6 Å². The predicted octanol–water partition coefficient (Wildman–Crippen LogP) is 3.30. The van der Waals surface area contributed by atoms with Gasteiger partial charge in [0.25, 0.3) is 0 Å². The van der Waals surface area contributed by atoms with Crippen molar-refractivity contribution < 1.29 is 19.4 Å². The van der Waals surface area contributed by atoms with E-state index < -0.39 is 17.7 Å². The van der Waals surface area contributed by atoms with Gasteiger partial charge in [-0.3, -0.25) is 0 Å². The molecule has 22 heavy (non-hydrogen) atoms. The number of benzene rings is 1. The summed E-state index contributed by atoms with van der Waals surface area (Å²) < 4.78 is 5.08. The van der Waals surface area contributed by atoms with Crippen LogP contribution in [-0.2, 0) is 4.74 Å². The van der Waals surface area contributed by atoms with Gasteiger partial charge in [-0.05, 0) is 32.9 Å². The van der Waals surface area contributed by atoms with Gasteiger partial charge in [-0.2, -0.15) is 0 Å². The molecule has 0 atom stereocenters. The lowest BCUT2D eigenvalue weighted by molar-refractivity contribution is 0.0528. The van der Waals surface area contributed by atoms with Crippen molar-refractivity contribution in [3.63, 3.8) is 0 Å². The SMILES string of the molecule is CC(C)(C)OC(=O)NCCC#Cc1c(Cl)cccc1C(=O)O. The molecule has 118 valence electrons. The van der Waals surface area contributed by atoms with Crippen LogP contribution in [0.15, 0.2) is 18.2 Å². The van der Waals surface area contributed by atoms with Crippen molar-refractivity contribution in [1.82, 2.24) is 5.32 Å². The fraction of sp³-hybridized carbons (Fsp3) is 0.375. The second kappa shape index (κ2) is 7.71. The van der Waals surface area contributed by atoms with Crippen molar-refractivity contribution in [3.05, 3.63) is 34.3 Å². The number of carboxylic acids is 1. The molecule has 1 aromatic carbocycles. The maximum atomic E-state index is 11.4. The minimum Gasteiger partial charge on any atom is -0.478 e. The van der Waals surface area contributed by atoms with Crippen molar-refractivity contribution in [3.8, 4) is 11.8 Å². The Morgan fingerprint density at radius 1 is 1.36 bits per heavy atom. The van der Waals surface area contributed by atoms with Crippen molar-refractivity contribution in [2.75, 3.05) is 6.54 Å². The number of rotatable bonds is 3. The van der Waals surface area contributed by atoms with E-state index in [1.54, 1.807) is 32.9 Å². The quantitative estimate of drug-likeness (QED) is 0.661. The van der Waals surface area contributed by atoms with E-state index in [0.717, 1.165) is 0 Å². The van der Waals surface area contributed by atoms with Crippen LogP contribution in [0.2, 0.25) is 5.02 Å². The van der Waals surface area contributed by atoms with Gasteiger partial charge in [0.15, 0.2) is 0 Å². The van der Waals surface area contributed by atoms with E-state index in [4.69, 9.17) is 21.4 Å². The molecule has 5 nitrogen and oxygen atoms in total. The Hall–Kier alpha value is -2.19. The lowest BCUT2D eigenvalue weighted by Gasteiger charge is -2.19. The number of carboxylic acid groups (broad SMARTS) is 1. The molecular formula is C16H18ClNO4. The second-order valence-corrected chi connectivity index (χ2v) is 5.86. The first-order chi connectivity index (χ1) is 10.2. The van der Waals surface area contributed by atoms with E-state index >= 15 is 0 Å². The average molecular weight is 324 g/mol. The molecule has 0 fully saturated rings. The Balaban J connectivity index is 2.59. The van der Waals surface area contributed by atoms with Crippen LogP contribution in [0, 0.1) is 11.8 Å². The molecule has 0 saturated carbocycles. The lowest BCUT2D eigenvalue weighted by atomic mass is 10.1. The Morgan fingerprint density at radius 3 is 2.64 bits per heavy atom. The first-order valence-electron chi connectivity index (χ1n) is 6.68. The Labute approximate surface area is 134 Å². The average Bonchev–Trinajstić information content (AvgIpc) is 2.37. The minimum atomic E-state index is -1.08. The van der Waals surface area contributed by atoms with E-state index in [9.17, 15) is 9.59 Å². The molecule has 0 bridgehead atoms. The van der Waals surface area contributed by atoms with Gasteiger partial charge in [-0.25, -0.2) is 9.59 Å². The number of carbonyl (C=O) groups is 2. The highest BCUT2D eigenvalue weighted by atomic mass is 35.5. The molecule has 0 aliphatic rings. The third-order valence-electron chi connectivity index (χ3n) is 2.38. The van der Waals surface area contributed by atoms with E-state index in [-0.39, 0.29) is 16.1 Å². The van der Waals surface area contributed by atoms with E-state index in [2.05, 4.69) is 17.2 Å². The van der Waals surface area contributed by atoms with E-state index in [1.165, 1.54) is 6.07 Å². The predicted molar refractivity (Wildman–Crippen MR) is 84.1 cm³/mol. The van der Waals surface area contributed by atoms with Gasteiger partial charge in [-0.1, -0.05) is 29.5 Å². The van der Waals surface area contributed by atoms with Gasteiger partial charge in [0.05, 0.1) is 16.1 Å². The number of aromatic carboxylic acids is 1. The molecule has 6 heteroatoms. The highest BCUT2D eigenvalue weighted by molar-refractivity contribution is 6.32.